The highest BCUT2D eigenvalue weighted by Crippen LogP contribution is 2.17. The van der Waals surface area contributed by atoms with E-state index in [2.05, 4.69) is 0 Å². The number of nitrogens with two attached hydrogens (primary N) is 1. The van der Waals surface area contributed by atoms with Gasteiger partial charge in [-0.1, -0.05) is 0 Å². The molecule has 32 heavy (non-hydrogen) atoms. The van der Waals surface area contributed by atoms with E-state index in [-0.39, 0.29) is 17.5 Å². The normalized spacial score (nSPS) is 16.0. The van der Waals surface area contributed by atoms with Crippen molar-refractivity contribution in [3.63, 3.8) is 0 Å². The monoisotopic (exact) mass is 438 g/mol. The number of benzene rings is 2. The third kappa shape index (κ3) is 6.29. The van der Waals surface area contributed by atoms with Crippen LogP contribution in [0, 0.1) is 10.1 Å². The number of nitro groups is 1. The van der Waals surface area contributed by atoms with Crippen LogP contribution in [0.1, 0.15) is 59.2 Å². The number of non-ortho nitro benzene ring substituents is 1. The Hall–Kier alpha value is -3.42. The van der Waals surface area contributed by atoms with Crippen molar-refractivity contribution in [2.75, 3.05) is 31.9 Å². The second-order valence-electron chi connectivity index (χ2n) is 8.13. The largest absolute Gasteiger partial charge is 0.399 e. The van der Waals surface area contributed by atoms with E-state index in [1.165, 1.54) is 37.1 Å². The summed E-state index contributed by atoms with van der Waals surface area (Å²) >= 11 is 0. The second kappa shape index (κ2) is 11.3. The van der Waals surface area contributed by atoms with Crippen molar-refractivity contribution in [3.05, 3.63) is 69.8 Å². The fourth-order valence-electron chi connectivity index (χ4n) is 3.91. The number of carbonyl (C=O) groups excluding carboxylic acids is 2. The summed E-state index contributed by atoms with van der Waals surface area (Å²) in [7, 11) is 0. The van der Waals surface area contributed by atoms with Crippen LogP contribution in [0.2, 0.25) is 0 Å². The molecule has 2 N–H and O–H groups in total. The number of hydrogen-bond donors (Lipinski definition) is 1. The number of nitrogens with zero attached hydrogens (tertiary/aromatic N) is 3. The Morgan fingerprint density at radius 3 is 1.44 bits per heavy atom. The number of rotatable bonds is 3. The fourth-order valence-corrected chi connectivity index (χ4v) is 3.91. The van der Waals surface area contributed by atoms with Crippen molar-refractivity contribution >= 4 is 23.2 Å². The molecular weight excluding hydrogens is 408 g/mol. The van der Waals surface area contributed by atoms with Gasteiger partial charge in [-0.15, -0.1) is 0 Å². The van der Waals surface area contributed by atoms with Crippen molar-refractivity contribution < 1.29 is 14.5 Å². The number of amides is 2. The molecule has 2 amide bonds. The van der Waals surface area contributed by atoms with Crippen LogP contribution in [-0.4, -0.2) is 52.7 Å². The van der Waals surface area contributed by atoms with Crippen LogP contribution in [0.25, 0.3) is 0 Å². The number of carbonyl (C=O) groups is 2. The molecule has 0 atom stereocenters. The Labute approximate surface area is 188 Å². The third-order valence-electron chi connectivity index (χ3n) is 5.77. The first kappa shape index (κ1) is 23.2. The lowest BCUT2D eigenvalue weighted by Crippen LogP contribution is -2.35. The standard InChI is InChI=1S/C12H14N2O3.C12H16N2O/c15-12(13-8-2-1-3-9-13)10-4-6-11(7-5-10)14(16)17;13-11-6-4-10(5-7-11)12(15)14-8-2-1-3-9-14/h4-7H,1-3,8-9H2;4-7H,1-3,8-9,13H2. The molecular formula is C24H30N4O4. The van der Waals surface area contributed by atoms with Gasteiger partial charge in [0.05, 0.1) is 4.92 Å². The highest BCUT2D eigenvalue weighted by molar-refractivity contribution is 5.95. The van der Waals surface area contributed by atoms with Gasteiger partial charge in [0.15, 0.2) is 0 Å². The van der Waals surface area contributed by atoms with Crippen molar-refractivity contribution in [1.29, 1.82) is 0 Å². The first-order valence-electron chi connectivity index (χ1n) is 11.1. The zero-order valence-corrected chi connectivity index (χ0v) is 18.2. The zero-order chi connectivity index (χ0) is 22.9. The molecule has 8 nitrogen and oxygen atoms in total. The maximum absolute atomic E-state index is 12.0. The number of likely N-dealkylation sites (tertiary alicyclic amines) is 2. The van der Waals surface area contributed by atoms with Crippen molar-refractivity contribution in [2.24, 2.45) is 0 Å². The van der Waals surface area contributed by atoms with Gasteiger partial charge >= 0.3 is 0 Å². The van der Waals surface area contributed by atoms with Gasteiger partial charge in [0.1, 0.15) is 0 Å². The number of nitro benzene ring substituents is 1. The van der Waals surface area contributed by atoms with E-state index in [9.17, 15) is 19.7 Å². The van der Waals surface area contributed by atoms with E-state index in [0.29, 0.717) is 11.3 Å². The van der Waals surface area contributed by atoms with Gasteiger partial charge in [0, 0.05) is 55.1 Å². The smallest absolute Gasteiger partial charge is 0.269 e. The topological polar surface area (TPSA) is 110 Å². The SMILES string of the molecule is Nc1ccc(C(=O)N2CCCCC2)cc1.O=C(c1ccc([N+](=O)[O-])cc1)N1CCCCC1. The molecule has 8 heteroatoms. The van der Waals surface area contributed by atoms with Crippen LogP contribution in [-0.2, 0) is 0 Å². The predicted molar refractivity (Wildman–Crippen MR) is 123 cm³/mol. The molecule has 4 rings (SSSR count). The Balaban J connectivity index is 0.000000182. The minimum atomic E-state index is -0.463. The highest BCUT2D eigenvalue weighted by Gasteiger charge is 2.19. The summed E-state index contributed by atoms with van der Waals surface area (Å²) < 4.78 is 0. The molecule has 0 aliphatic carbocycles. The Kier molecular flexibility index (Phi) is 8.19. The summed E-state index contributed by atoms with van der Waals surface area (Å²) in [4.78, 5) is 37.8. The van der Waals surface area contributed by atoms with Crippen molar-refractivity contribution in [3.8, 4) is 0 Å². The molecule has 2 fully saturated rings. The van der Waals surface area contributed by atoms with Crippen LogP contribution in [0.4, 0.5) is 11.4 Å². The molecule has 0 bridgehead atoms. The summed E-state index contributed by atoms with van der Waals surface area (Å²) in [5, 5.41) is 10.5. The average molecular weight is 439 g/mol. The van der Waals surface area contributed by atoms with E-state index in [0.717, 1.165) is 57.4 Å². The van der Waals surface area contributed by atoms with Crippen molar-refractivity contribution in [2.45, 2.75) is 38.5 Å². The summed E-state index contributed by atoms with van der Waals surface area (Å²) in [6.07, 6.45) is 6.74. The minimum absolute atomic E-state index is 0.0141. The molecule has 0 spiro atoms. The van der Waals surface area contributed by atoms with Crippen LogP contribution < -0.4 is 5.73 Å². The minimum Gasteiger partial charge on any atom is -0.399 e. The lowest BCUT2D eigenvalue weighted by molar-refractivity contribution is -0.384. The van der Waals surface area contributed by atoms with Gasteiger partial charge in [-0.25, -0.2) is 0 Å². The molecule has 0 aromatic heterocycles. The van der Waals surface area contributed by atoms with Crippen molar-refractivity contribution in [1.82, 2.24) is 9.80 Å². The van der Waals surface area contributed by atoms with E-state index >= 15 is 0 Å². The average Bonchev–Trinajstić information content (AvgIpc) is 2.85. The first-order valence-corrected chi connectivity index (χ1v) is 11.1. The molecule has 2 saturated heterocycles. The van der Waals surface area contributed by atoms with Crippen LogP contribution in [0.5, 0.6) is 0 Å². The quantitative estimate of drug-likeness (QED) is 0.440. The van der Waals surface area contributed by atoms with Gasteiger partial charge in [0.25, 0.3) is 17.5 Å². The summed E-state index contributed by atoms with van der Waals surface area (Å²) in [5.74, 6) is 0.106. The second-order valence-corrected chi connectivity index (χ2v) is 8.13. The first-order chi connectivity index (χ1) is 15.5. The van der Waals surface area contributed by atoms with Crippen LogP contribution in [0.3, 0.4) is 0 Å². The third-order valence-corrected chi connectivity index (χ3v) is 5.77. The highest BCUT2D eigenvalue weighted by atomic mass is 16.6. The molecule has 2 heterocycles. The van der Waals surface area contributed by atoms with Gasteiger partial charge in [-0.2, -0.15) is 0 Å². The molecule has 0 saturated carbocycles. The maximum atomic E-state index is 12.0. The van der Waals surface area contributed by atoms with Crippen LogP contribution in [0.15, 0.2) is 48.5 Å². The number of hydrogen-bond acceptors (Lipinski definition) is 5. The maximum Gasteiger partial charge on any atom is 0.269 e. The molecule has 2 aliphatic heterocycles. The van der Waals surface area contributed by atoms with Gasteiger partial charge in [-0.3, -0.25) is 19.7 Å². The molecule has 2 aromatic rings. The molecule has 2 aliphatic rings. The molecule has 170 valence electrons. The van der Waals surface area contributed by atoms with E-state index in [1.54, 1.807) is 24.3 Å². The van der Waals surface area contributed by atoms with Crippen LogP contribution >= 0.6 is 0 Å². The predicted octanol–water partition coefficient (Wildman–Crippen LogP) is 4.12. The Bertz CT molecular complexity index is 916. The zero-order valence-electron chi connectivity index (χ0n) is 18.2. The summed E-state index contributed by atoms with van der Waals surface area (Å²) in [6.45, 7) is 3.36. The Morgan fingerprint density at radius 2 is 1.06 bits per heavy atom. The number of nitrogen functional groups attached to an aromatic ring is 1. The lowest BCUT2D eigenvalue weighted by atomic mass is 10.1. The van der Waals surface area contributed by atoms with Gasteiger partial charge in [0.2, 0.25) is 0 Å². The lowest BCUT2D eigenvalue weighted by Gasteiger charge is -2.26. The number of anilines is 1. The Morgan fingerprint density at radius 1 is 0.688 bits per heavy atom. The van der Waals surface area contributed by atoms with Gasteiger partial charge < -0.3 is 15.5 Å². The molecule has 0 radical (unpaired) electrons. The molecule has 2 aromatic carbocycles. The van der Waals surface area contributed by atoms with Gasteiger partial charge in [-0.05, 0) is 74.9 Å². The summed E-state index contributed by atoms with van der Waals surface area (Å²) in [6, 6.07) is 12.9. The number of piperidine rings is 2. The summed E-state index contributed by atoms with van der Waals surface area (Å²) in [5.41, 5.74) is 7.56. The molecule has 0 unspecified atom stereocenters. The fraction of sp³-hybridized carbons (Fsp3) is 0.417. The van der Waals surface area contributed by atoms with E-state index in [1.807, 2.05) is 9.80 Å². The van der Waals surface area contributed by atoms with E-state index < -0.39 is 4.92 Å². The van der Waals surface area contributed by atoms with E-state index in [4.69, 9.17) is 5.73 Å².